The summed E-state index contributed by atoms with van der Waals surface area (Å²) in [4.78, 5) is 0. The first kappa shape index (κ1) is 18.4. The van der Waals surface area contributed by atoms with E-state index in [4.69, 9.17) is 44.9 Å². The summed E-state index contributed by atoms with van der Waals surface area (Å²) in [6, 6.07) is 10.7. The van der Waals surface area contributed by atoms with Crippen molar-refractivity contribution in [2.24, 2.45) is 5.10 Å². The molecule has 0 saturated heterocycles. The summed E-state index contributed by atoms with van der Waals surface area (Å²) in [5, 5.41) is 11.7. The molecule has 0 amide bonds. The molecule has 134 valence electrons. The Kier molecular flexibility index (Phi) is 5.92. The Morgan fingerprint density at radius 1 is 1.23 bits per heavy atom. The van der Waals surface area contributed by atoms with Crippen molar-refractivity contribution < 1.29 is 9.47 Å². The van der Waals surface area contributed by atoms with Gasteiger partial charge in [-0.15, -0.1) is 0 Å². The number of aromatic nitrogens is 3. The predicted molar refractivity (Wildman–Crippen MR) is 104 cm³/mol. The lowest BCUT2D eigenvalue weighted by atomic mass is 10.1. The quantitative estimate of drug-likeness (QED) is 0.473. The maximum absolute atomic E-state index is 6.14. The predicted octanol–water partition coefficient (Wildman–Crippen LogP) is 4.72. The van der Waals surface area contributed by atoms with Crippen LogP contribution in [0, 0.1) is 4.77 Å². The van der Waals surface area contributed by atoms with E-state index in [9.17, 15) is 0 Å². The second kappa shape index (κ2) is 8.35. The summed E-state index contributed by atoms with van der Waals surface area (Å²) in [7, 11) is 1.60. The monoisotopic (exact) mass is 408 g/mol. The van der Waals surface area contributed by atoms with Crippen LogP contribution in [0.3, 0.4) is 0 Å². The molecule has 0 atom stereocenters. The molecule has 0 aliphatic carbocycles. The summed E-state index contributed by atoms with van der Waals surface area (Å²) >= 11 is 17.1. The third-order valence-corrected chi connectivity index (χ3v) is 4.26. The van der Waals surface area contributed by atoms with Crippen LogP contribution in [0.1, 0.15) is 11.1 Å². The van der Waals surface area contributed by atoms with Crippen LogP contribution in [-0.2, 0) is 6.61 Å². The zero-order valence-corrected chi connectivity index (χ0v) is 16.0. The van der Waals surface area contributed by atoms with E-state index in [0.29, 0.717) is 26.3 Å². The Labute approximate surface area is 165 Å². The van der Waals surface area contributed by atoms with Crippen molar-refractivity contribution in [2.45, 2.75) is 6.61 Å². The smallest absolute Gasteiger partial charge is 0.216 e. The fourth-order valence-corrected chi connectivity index (χ4v) is 2.80. The third-order valence-electron chi connectivity index (χ3n) is 3.45. The summed E-state index contributed by atoms with van der Waals surface area (Å²) in [5.41, 5.74) is 1.70. The van der Waals surface area contributed by atoms with Crippen LogP contribution in [0.5, 0.6) is 11.5 Å². The third kappa shape index (κ3) is 4.43. The molecule has 26 heavy (non-hydrogen) atoms. The van der Waals surface area contributed by atoms with Gasteiger partial charge in [0.05, 0.1) is 18.3 Å². The summed E-state index contributed by atoms with van der Waals surface area (Å²) in [6.45, 7) is 0.275. The standard InChI is InChI=1S/C17H14Cl2N4O2S/c1-24-15-4-2-11(8-21-23-10-20-22-17(23)26)6-12(15)9-25-16-5-3-13(18)7-14(16)19/h2-8,10H,9H2,1H3,(H,22,26)/b21-8+. The number of hydrogen-bond acceptors (Lipinski definition) is 5. The Balaban J connectivity index is 1.80. The van der Waals surface area contributed by atoms with Crippen LogP contribution in [0.25, 0.3) is 0 Å². The summed E-state index contributed by atoms with van der Waals surface area (Å²) in [5.74, 6) is 1.24. The highest BCUT2D eigenvalue weighted by molar-refractivity contribution is 7.71. The number of halogens is 2. The van der Waals surface area contributed by atoms with Gasteiger partial charge in [0.2, 0.25) is 4.77 Å². The molecule has 0 bridgehead atoms. The number of ether oxygens (including phenoxy) is 2. The van der Waals surface area contributed by atoms with E-state index in [1.807, 2.05) is 18.2 Å². The Morgan fingerprint density at radius 3 is 2.73 bits per heavy atom. The molecule has 0 unspecified atom stereocenters. The van der Waals surface area contributed by atoms with Crippen LogP contribution in [0.4, 0.5) is 0 Å². The molecule has 0 radical (unpaired) electrons. The lowest BCUT2D eigenvalue weighted by molar-refractivity contribution is 0.297. The van der Waals surface area contributed by atoms with Crippen LogP contribution in [-0.4, -0.2) is 28.2 Å². The van der Waals surface area contributed by atoms with E-state index < -0.39 is 0 Å². The normalized spacial score (nSPS) is 11.0. The maximum Gasteiger partial charge on any atom is 0.216 e. The molecule has 3 rings (SSSR count). The first-order valence-electron chi connectivity index (χ1n) is 7.48. The molecule has 1 N–H and O–H groups in total. The fourth-order valence-electron chi connectivity index (χ4n) is 2.19. The zero-order chi connectivity index (χ0) is 18.5. The number of nitrogens with zero attached hydrogens (tertiary/aromatic N) is 3. The highest BCUT2D eigenvalue weighted by Crippen LogP contribution is 2.29. The largest absolute Gasteiger partial charge is 0.496 e. The van der Waals surface area contributed by atoms with Crippen molar-refractivity contribution in [1.29, 1.82) is 0 Å². The van der Waals surface area contributed by atoms with Crippen LogP contribution in [0.15, 0.2) is 47.8 Å². The summed E-state index contributed by atoms with van der Waals surface area (Å²) < 4.78 is 13.1. The van der Waals surface area contributed by atoms with Gasteiger partial charge in [0.15, 0.2) is 0 Å². The van der Waals surface area contributed by atoms with Crippen LogP contribution in [0.2, 0.25) is 10.0 Å². The van der Waals surface area contributed by atoms with Gasteiger partial charge < -0.3 is 9.47 Å². The van der Waals surface area contributed by atoms with E-state index in [-0.39, 0.29) is 6.61 Å². The van der Waals surface area contributed by atoms with Gasteiger partial charge in [0.25, 0.3) is 0 Å². The van der Waals surface area contributed by atoms with Crippen molar-refractivity contribution >= 4 is 41.6 Å². The van der Waals surface area contributed by atoms with Crippen molar-refractivity contribution in [3.8, 4) is 11.5 Å². The Hall–Kier alpha value is -2.35. The van der Waals surface area contributed by atoms with Gasteiger partial charge in [0.1, 0.15) is 24.4 Å². The number of rotatable bonds is 6. The zero-order valence-electron chi connectivity index (χ0n) is 13.6. The van der Waals surface area contributed by atoms with E-state index >= 15 is 0 Å². The maximum atomic E-state index is 6.14. The Morgan fingerprint density at radius 2 is 2.04 bits per heavy atom. The molecule has 0 spiro atoms. The molecule has 1 heterocycles. The lowest BCUT2D eigenvalue weighted by Gasteiger charge is -2.12. The molecule has 0 aliphatic rings. The van der Waals surface area contributed by atoms with Gasteiger partial charge in [-0.25, -0.2) is 0 Å². The number of aromatic amines is 1. The van der Waals surface area contributed by atoms with Gasteiger partial charge >= 0.3 is 0 Å². The fraction of sp³-hybridized carbons (Fsp3) is 0.118. The van der Waals surface area contributed by atoms with Gasteiger partial charge in [-0.2, -0.15) is 14.9 Å². The van der Waals surface area contributed by atoms with Gasteiger partial charge in [0, 0.05) is 10.6 Å². The number of H-pyrrole nitrogens is 1. The molecular weight excluding hydrogens is 395 g/mol. The van der Waals surface area contributed by atoms with E-state index in [0.717, 1.165) is 11.1 Å². The molecule has 1 aromatic heterocycles. The number of nitrogens with one attached hydrogen (secondary N) is 1. The van der Waals surface area contributed by atoms with Crippen molar-refractivity contribution in [3.63, 3.8) is 0 Å². The minimum Gasteiger partial charge on any atom is -0.496 e. The first-order valence-corrected chi connectivity index (χ1v) is 8.64. The van der Waals surface area contributed by atoms with Crippen molar-refractivity contribution in [1.82, 2.24) is 14.9 Å². The number of methoxy groups -OCH3 is 1. The van der Waals surface area contributed by atoms with Gasteiger partial charge in [-0.3, -0.25) is 5.10 Å². The summed E-state index contributed by atoms with van der Waals surface area (Å²) in [6.07, 6.45) is 3.17. The number of hydrogen-bond donors (Lipinski definition) is 1. The first-order chi connectivity index (χ1) is 12.6. The minimum atomic E-state index is 0.275. The van der Waals surface area contributed by atoms with Crippen molar-refractivity contribution in [2.75, 3.05) is 7.11 Å². The number of benzene rings is 2. The van der Waals surface area contributed by atoms with Crippen molar-refractivity contribution in [3.05, 3.63) is 68.7 Å². The highest BCUT2D eigenvalue weighted by Gasteiger charge is 2.08. The molecule has 2 aromatic carbocycles. The lowest BCUT2D eigenvalue weighted by Crippen LogP contribution is -2.00. The van der Waals surface area contributed by atoms with Gasteiger partial charge in [-0.1, -0.05) is 23.2 Å². The average molecular weight is 409 g/mol. The van der Waals surface area contributed by atoms with E-state index in [1.54, 1.807) is 31.5 Å². The second-order valence-electron chi connectivity index (χ2n) is 5.19. The van der Waals surface area contributed by atoms with Crippen LogP contribution < -0.4 is 9.47 Å². The molecule has 3 aromatic rings. The van der Waals surface area contributed by atoms with Gasteiger partial charge in [-0.05, 0) is 54.2 Å². The Bertz CT molecular complexity index is 1000. The molecule has 9 heteroatoms. The topological polar surface area (TPSA) is 64.4 Å². The molecule has 0 fully saturated rings. The highest BCUT2D eigenvalue weighted by atomic mass is 35.5. The van der Waals surface area contributed by atoms with E-state index in [2.05, 4.69) is 15.3 Å². The average Bonchev–Trinajstić information content (AvgIpc) is 3.04. The van der Waals surface area contributed by atoms with E-state index in [1.165, 1.54) is 11.0 Å². The second-order valence-corrected chi connectivity index (χ2v) is 6.42. The minimum absolute atomic E-state index is 0.275. The molecule has 0 aliphatic heterocycles. The molecular formula is C17H14Cl2N4O2S. The van der Waals surface area contributed by atoms with Crippen LogP contribution >= 0.6 is 35.4 Å². The SMILES string of the molecule is COc1ccc(/C=N/n2cn[nH]c2=S)cc1COc1ccc(Cl)cc1Cl. The molecule has 0 saturated carbocycles. The molecule has 6 nitrogen and oxygen atoms in total.